The first-order chi connectivity index (χ1) is 8.24. The van der Waals surface area contributed by atoms with E-state index >= 15 is 0 Å². The Morgan fingerprint density at radius 1 is 1.28 bits per heavy atom. The van der Waals surface area contributed by atoms with E-state index < -0.39 is 15.3 Å². The van der Waals surface area contributed by atoms with Crippen LogP contribution in [0.15, 0.2) is 29.2 Å². The molecule has 1 aromatic carbocycles. The zero-order valence-electron chi connectivity index (χ0n) is 10.9. The maximum absolute atomic E-state index is 11.3. The molecule has 5 heteroatoms. The van der Waals surface area contributed by atoms with Crippen molar-refractivity contribution in [1.29, 1.82) is 5.26 Å². The lowest BCUT2D eigenvalue weighted by atomic mass is 9.96. The van der Waals surface area contributed by atoms with Gasteiger partial charge in [0.05, 0.1) is 16.4 Å². The predicted molar refractivity (Wildman–Crippen MR) is 70.7 cm³/mol. The molecule has 4 nitrogen and oxygen atoms in total. The van der Waals surface area contributed by atoms with Gasteiger partial charge in [0.25, 0.3) is 0 Å². The minimum absolute atomic E-state index is 0.323. The number of hydrogen-bond acceptors (Lipinski definition) is 4. The number of nitrogens with one attached hydrogen (secondary N) is 1. The van der Waals surface area contributed by atoms with Crippen LogP contribution in [-0.2, 0) is 16.4 Å². The van der Waals surface area contributed by atoms with Gasteiger partial charge in [-0.05, 0) is 31.5 Å². The largest absolute Gasteiger partial charge is 0.311 e. The third kappa shape index (κ3) is 4.47. The van der Waals surface area contributed by atoms with Crippen LogP contribution in [0.4, 0.5) is 0 Å². The van der Waals surface area contributed by atoms with Crippen LogP contribution in [-0.4, -0.2) is 21.2 Å². The van der Waals surface area contributed by atoms with Gasteiger partial charge in [0.2, 0.25) is 0 Å². The van der Waals surface area contributed by atoms with Crippen molar-refractivity contribution in [3.63, 3.8) is 0 Å². The van der Waals surface area contributed by atoms with Crippen LogP contribution in [0.5, 0.6) is 0 Å². The van der Waals surface area contributed by atoms with E-state index in [1.54, 1.807) is 24.3 Å². The van der Waals surface area contributed by atoms with Crippen molar-refractivity contribution in [2.75, 3.05) is 12.8 Å². The number of sulfone groups is 1. The molecule has 18 heavy (non-hydrogen) atoms. The van der Waals surface area contributed by atoms with E-state index in [9.17, 15) is 8.42 Å². The van der Waals surface area contributed by atoms with Gasteiger partial charge in [0.1, 0.15) is 0 Å². The Morgan fingerprint density at radius 2 is 1.83 bits per heavy atom. The van der Waals surface area contributed by atoms with Crippen molar-refractivity contribution >= 4 is 9.84 Å². The summed E-state index contributed by atoms with van der Waals surface area (Å²) in [6, 6.07) is 8.97. The molecular formula is C13H18N2O2S. The van der Waals surface area contributed by atoms with E-state index in [-0.39, 0.29) is 0 Å². The standard InChI is InChI=1S/C13H18N2O2S/c1-13(2,9-14)10-15-8-11-4-6-12(7-5-11)18(3,16)17/h4-7,15H,8,10H2,1-3H3. The van der Waals surface area contributed by atoms with Crippen LogP contribution >= 0.6 is 0 Å². The molecule has 0 aliphatic heterocycles. The van der Waals surface area contributed by atoms with Gasteiger partial charge >= 0.3 is 0 Å². The molecule has 98 valence electrons. The summed E-state index contributed by atoms with van der Waals surface area (Å²) in [6.45, 7) is 4.95. The van der Waals surface area contributed by atoms with E-state index in [1.165, 1.54) is 6.26 Å². The summed E-state index contributed by atoms with van der Waals surface area (Å²) in [5.74, 6) is 0. The molecule has 0 spiro atoms. The Balaban J connectivity index is 2.59. The summed E-state index contributed by atoms with van der Waals surface area (Å²) in [7, 11) is -3.13. The fraction of sp³-hybridized carbons (Fsp3) is 0.462. The highest BCUT2D eigenvalue weighted by atomic mass is 32.2. The molecule has 0 fully saturated rings. The van der Waals surface area contributed by atoms with Crippen LogP contribution < -0.4 is 5.32 Å². The fourth-order valence-electron chi connectivity index (χ4n) is 1.41. The predicted octanol–water partition coefficient (Wildman–Crippen LogP) is 1.73. The van der Waals surface area contributed by atoms with Gasteiger partial charge in [-0.3, -0.25) is 0 Å². The second-order valence-electron chi connectivity index (χ2n) is 5.02. The van der Waals surface area contributed by atoms with Crippen molar-refractivity contribution in [1.82, 2.24) is 5.32 Å². The van der Waals surface area contributed by atoms with Gasteiger partial charge in [0, 0.05) is 19.3 Å². The maximum atomic E-state index is 11.3. The molecule has 1 rings (SSSR count). The van der Waals surface area contributed by atoms with Crippen LogP contribution in [0.2, 0.25) is 0 Å². The molecule has 0 heterocycles. The summed E-state index contributed by atoms with van der Waals surface area (Å²) in [6.07, 6.45) is 1.19. The molecular weight excluding hydrogens is 248 g/mol. The van der Waals surface area contributed by atoms with Crippen LogP contribution in [0.1, 0.15) is 19.4 Å². The molecule has 0 bridgehead atoms. The quantitative estimate of drug-likeness (QED) is 0.881. The minimum Gasteiger partial charge on any atom is -0.311 e. The lowest BCUT2D eigenvalue weighted by Crippen LogP contribution is -2.27. The molecule has 0 aromatic heterocycles. The second-order valence-corrected chi connectivity index (χ2v) is 7.03. The van der Waals surface area contributed by atoms with E-state index in [0.717, 1.165) is 5.56 Å². The average Bonchev–Trinajstić information content (AvgIpc) is 2.28. The first-order valence-corrected chi connectivity index (χ1v) is 7.55. The lowest BCUT2D eigenvalue weighted by molar-refractivity contribution is 0.445. The van der Waals surface area contributed by atoms with Crippen LogP contribution in [0, 0.1) is 16.7 Å². The van der Waals surface area contributed by atoms with Gasteiger partial charge in [-0.2, -0.15) is 5.26 Å². The van der Waals surface area contributed by atoms with Crippen molar-refractivity contribution in [2.45, 2.75) is 25.3 Å². The normalized spacial score (nSPS) is 12.1. The molecule has 0 aliphatic carbocycles. The molecule has 0 atom stereocenters. The molecule has 0 unspecified atom stereocenters. The maximum Gasteiger partial charge on any atom is 0.175 e. The zero-order valence-corrected chi connectivity index (χ0v) is 11.7. The monoisotopic (exact) mass is 266 g/mol. The summed E-state index contributed by atoms with van der Waals surface area (Å²) in [4.78, 5) is 0.323. The molecule has 0 aliphatic rings. The van der Waals surface area contributed by atoms with Crippen LogP contribution in [0.3, 0.4) is 0 Å². The van der Waals surface area contributed by atoms with E-state index in [2.05, 4.69) is 11.4 Å². The van der Waals surface area contributed by atoms with Gasteiger partial charge < -0.3 is 5.32 Å². The van der Waals surface area contributed by atoms with Gasteiger partial charge in [0.15, 0.2) is 9.84 Å². The highest BCUT2D eigenvalue weighted by Gasteiger charge is 2.15. The van der Waals surface area contributed by atoms with E-state index in [1.807, 2.05) is 13.8 Å². The molecule has 1 aromatic rings. The first kappa shape index (κ1) is 14.7. The van der Waals surface area contributed by atoms with Crippen LogP contribution in [0.25, 0.3) is 0 Å². The van der Waals surface area contributed by atoms with E-state index in [0.29, 0.717) is 18.0 Å². The van der Waals surface area contributed by atoms with Gasteiger partial charge in [-0.15, -0.1) is 0 Å². The number of benzene rings is 1. The fourth-order valence-corrected chi connectivity index (χ4v) is 2.04. The Morgan fingerprint density at radius 3 is 2.28 bits per heavy atom. The SMILES string of the molecule is CC(C)(C#N)CNCc1ccc(S(C)(=O)=O)cc1. The summed E-state index contributed by atoms with van der Waals surface area (Å²) >= 11 is 0. The summed E-state index contributed by atoms with van der Waals surface area (Å²) in [5.41, 5.74) is 0.600. The van der Waals surface area contributed by atoms with E-state index in [4.69, 9.17) is 5.26 Å². The number of nitrogens with zero attached hydrogens (tertiary/aromatic N) is 1. The Hall–Kier alpha value is -1.38. The average molecular weight is 266 g/mol. The first-order valence-electron chi connectivity index (χ1n) is 5.65. The molecule has 0 radical (unpaired) electrons. The lowest BCUT2D eigenvalue weighted by Gasteiger charge is -2.15. The van der Waals surface area contributed by atoms with Gasteiger partial charge in [-0.25, -0.2) is 8.42 Å². The minimum atomic E-state index is -3.13. The van der Waals surface area contributed by atoms with Crippen molar-refractivity contribution in [2.24, 2.45) is 5.41 Å². The molecule has 0 saturated carbocycles. The topological polar surface area (TPSA) is 70.0 Å². The van der Waals surface area contributed by atoms with Crippen molar-refractivity contribution in [3.05, 3.63) is 29.8 Å². The second kappa shape index (κ2) is 5.51. The van der Waals surface area contributed by atoms with Gasteiger partial charge in [-0.1, -0.05) is 12.1 Å². The molecule has 0 saturated heterocycles. The number of rotatable bonds is 5. The smallest absolute Gasteiger partial charge is 0.175 e. The summed E-state index contributed by atoms with van der Waals surface area (Å²) < 4.78 is 22.6. The number of nitriles is 1. The third-order valence-electron chi connectivity index (χ3n) is 2.55. The Labute approximate surface area is 109 Å². The van der Waals surface area contributed by atoms with Crippen molar-refractivity contribution < 1.29 is 8.42 Å². The summed E-state index contributed by atoms with van der Waals surface area (Å²) in [5, 5.41) is 12.0. The highest BCUT2D eigenvalue weighted by molar-refractivity contribution is 7.90. The Kier molecular flexibility index (Phi) is 4.49. The number of hydrogen-bond donors (Lipinski definition) is 1. The zero-order chi connectivity index (χ0) is 13.8. The van der Waals surface area contributed by atoms with Crippen molar-refractivity contribution in [3.8, 4) is 6.07 Å². The Bertz CT molecular complexity index is 539. The molecule has 0 amide bonds. The highest BCUT2D eigenvalue weighted by Crippen LogP contribution is 2.12. The molecule has 1 N–H and O–H groups in total. The third-order valence-corrected chi connectivity index (χ3v) is 3.68.